The van der Waals surface area contributed by atoms with E-state index in [2.05, 4.69) is 5.32 Å². The zero-order valence-electron chi connectivity index (χ0n) is 17.0. The summed E-state index contributed by atoms with van der Waals surface area (Å²) in [7, 11) is 1.79. The van der Waals surface area contributed by atoms with E-state index in [0.29, 0.717) is 18.6 Å². The number of hydrogen-bond acceptors (Lipinski definition) is 5. The maximum Gasteiger partial charge on any atom is 0.340 e. The molecule has 2 rings (SSSR count). The Bertz CT molecular complexity index is 656. The third kappa shape index (κ3) is 7.45. The highest BCUT2D eigenvalue weighted by Crippen LogP contribution is 2.24. The molecule has 0 aromatic heterocycles. The Balaban J connectivity index is 1.45. The van der Waals surface area contributed by atoms with E-state index in [1.807, 2.05) is 18.2 Å². The molecule has 154 valence electrons. The van der Waals surface area contributed by atoms with E-state index in [-0.39, 0.29) is 29.9 Å². The molecule has 0 amide bonds. The molecule has 1 aromatic rings. The number of nitrogens with one attached hydrogen (secondary N) is 1. The molecule has 1 unspecified atom stereocenters. The van der Waals surface area contributed by atoms with Gasteiger partial charge in [0.2, 0.25) is 0 Å². The van der Waals surface area contributed by atoms with Gasteiger partial charge in [0.05, 0.1) is 18.6 Å². The van der Waals surface area contributed by atoms with Crippen LogP contribution in [0.15, 0.2) is 24.3 Å². The molecule has 0 radical (unpaired) electrons. The second kappa shape index (κ2) is 12.3. The van der Waals surface area contributed by atoms with Crippen molar-refractivity contribution in [1.82, 2.24) is 0 Å². The Kier molecular flexibility index (Phi) is 9.73. The molecule has 5 nitrogen and oxygen atoms in total. The van der Waals surface area contributed by atoms with Crippen LogP contribution in [0.4, 0.5) is 5.69 Å². The van der Waals surface area contributed by atoms with Crippen molar-refractivity contribution >= 4 is 23.2 Å². The number of unbranched alkanes of at least 4 members (excludes halogenated alkanes) is 6. The van der Waals surface area contributed by atoms with Crippen LogP contribution in [0.2, 0.25) is 0 Å². The van der Waals surface area contributed by atoms with Gasteiger partial charge in [-0.25, -0.2) is 4.79 Å². The fourth-order valence-corrected chi connectivity index (χ4v) is 3.73. The van der Waals surface area contributed by atoms with Gasteiger partial charge in [0.15, 0.2) is 0 Å². The topological polar surface area (TPSA) is 72.5 Å². The maximum absolute atomic E-state index is 12.1. The van der Waals surface area contributed by atoms with Gasteiger partial charge in [-0.2, -0.15) is 0 Å². The van der Waals surface area contributed by atoms with Crippen LogP contribution in [0.5, 0.6) is 0 Å². The molecule has 1 fully saturated rings. The van der Waals surface area contributed by atoms with Crippen molar-refractivity contribution in [3.8, 4) is 0 Å². The molecular formula is C23H33NO4. The first-order chi connectivity index (χ1) is 13.6. The third-order valence-corrected chi connectivity index (χ3v) is 5.44. The summed E-state index contributed by atoms with van der Waals surface area (Å²) in [5.41, 5.74) is 1.36. The molecule has 1 aliphatic rings. The third-order valence-electron chi connectivity index (χ3n) is 5.44. The molecule has 1 aromatic carbocycles. The second-order valence-corrected chi connectivity index (χ2v) is 7.61. The average Bonchev–Trinajstić information content (AvgIpc) is 2.70. The van der Waals surface area contributed by atoms with Gasteiger partial charge < -0.3 is 10.1 Å². The fourth-order valence-electron chi connectivity index (χ4n) is 3.73. The van der Waals surface area contributed by atoms with Gasteiger partial charge in [0.1, 0.15) is 11.6 Å². The molecule has 0 spiro atoms. The van der Waals surface area contributed by atoms with E-state index in [1.54, 1.807) is 13.1 Å². The van der Waals surface area contributed by atoms with Crippen LogP contribution in [0.3, 0.4) is 0 Å². The monoisotopic (exact) mass is 387 g/mol. The number of ether oxygens (including phenoxy) is 1. The van der Waals surface area contributed by atoms with E-state index in [0.717, 1.165) is 50.6 Å². The van der Waals surface area contributed by atoms with Crippen molar-refractivity contribution in [2.75, 3.05) is 19.0 Å². The van der Waals surface area contributed by atoms with Crippen LogP contribution in [-0.2, 0) is 14.3 Å². The van der Waals surface area contributed by atoms with Gasteiger partial charge in [-0.05, 0) is 31.4 Å². The second-order valence-electron chi connectivity index (χ2n) is 7.61. The molecular weight excluding hydrogens is 354 g/mol. The van der Waals surface area contributed by atoms with E-state index in [1.165, 1.54) is 12.8 Å². The molecule has 0 aliphatic heterocycles. The Hall–Kier alpha value is -2.17. The van der Waals surface area contributed by atoms with Crippen LogP contribution >= 0.6 is 0 Å². The summed E-state index contributed by atoms with van der Waals surface area (Å²) in [6.45, 7) is 0.458. The molecule has 5 heteroatoms. The van der Waals surface area contributed by atoms with Gasteiger partial charge >= 0.3 is 5.97 Å². The number of rotatable bonds is 12. The molecule has 0 saturated heterocycles. The van der Waals surface area contributed by atoms with Crippen LogP contribution in [0.25, 0.3) is 0 Å². The van der Waals surface area contributed by atoms with E-state index >= 15 is 0 Å². The summed E-state index contributed by atoms with van der Waals surface area (Å²) in [5, 5.41) is 3.00. The summed E-state index contributed by atoms with van der Waals surface area (Å²) in [4.78, 5) is 35.1. The summed E-state index contributed by atoms with van der Waals surface area (Å²) in [6, 6.07) is 7.35. The van der Waals surface area contributed by atoms with Gasteiger partial charge in [0.25, 0.3) is 0 Å². The highest BCUT2D eigenvalue weighted by atomic mass is 16.5. The number of anilines is 1. The smallest absolute Gasteiger partial charge is 0.340 e. The summed E-state index contributed by atoms with van der Waals surface area (Å²) in [6.07, 6.45) is 10.1. The van der Waals surface area contributed by atoms with E-state index in [4.69, 9.17) is 4.74 Å². The Morgan fingerprint density at radius 2 is 1.71 bits per heavy atom. The lowest BCUT2D eigenvalue weighted by atomic mass is 9.84. The number of hydrogen-bond donors (Lipinski definition) is 1. The minimum Gasteiger partial charge on any atom is -0.462 e. The highest BCUT2D eigenvalue weighted by Gasteiger charge is 2.26. The van der Waals surface area contributed by atoms with Crippen molar-refractivity contribution < 1.29 is 19.1 Å². The zero-order chi connectivity index (χ0) is 20.2. The minimum absolute atomic E-state index is 0.109. The summed E-state index contributed by atoms with van der Waals surface area (Å²) >= 11 is 0. The fraction of sp³-hybridized carbons (Fsp3) is 0.609. The number of ketones is 2. The largest absolute Gasteiger partial charge is 0.462 e. The number of Topliss-reactive ketones (excluding diaryl/α,β-unsaturated/α-hetero) is 2. The minimum atomic E-state index is -0.274. The van der Waals surface area contributed by atoms with Crippen LogP contribution < -0.4 is 5.32 Å². The molecule has 0 bridgehead atoms. The normalized spacial score (nSPS) is 16.8. The first-order valence-corrected chi connectivity index (χ1v) is 10.6. The number of carbonyl (C=O) groups is 3. The molecule has 1 atom stereocenters. The van der Waals surface area contributed by atoms with Gasteiger partial charge in [-0.3, -0.25) is 9.59 Å². The van der Waals surface area contributed by atoms with Crippen molar-refractivity contribution in [3.05, 3.63) is 29.8 Å². The molecule has 1 aliphatic carbocycles. The van der Waals surface area contributed by atoms with E-state index < -0.39 is 0 Å². The van der Waals surface area contributed by atoms with Gasteiger partial charge in [-0.1, -0.05) is 50.7 Å². The van der Waals surface area contributed by atoms with Crippen molar-refractivity contribution in [2.24, 2.45) is 5.92 Å². The number of carbonyl (C=O) groups excluding carboxylic acids is 3. The quantitative estimate of drug-likeness (QED) is 0.312. The Labute approximate surface area is 168 Å². The van der Waals surface area contributed by atoms with E-state index in [9.17, 15) is 14.4 Å². The summed E-state index contributed by atoms with van der Waals surface area (Å²) < 4.78 is 5.37. The standard InChI is InChI=1S/C23H33NO4/c1-24-21-13-9-8-12-20(21)23(27)28-16-10-6-4-2-3-5-7-11-18-14-15-19(25)17-22(18)26/h8-9,12-13,18,24H,2-7,10-11,14-17H2,1H3. The van der Waals surface area contributed by atoms with Gasteiger partial charge in [-0.15, -0.1) is 0 Å². The lowest BCUT2D eigenvalue weighted by Gasteiger charge is -2.19. The SMILES string of the molecule is CNc1ccccc1C(=O)OCCCCCCCCCC1CCC(=O)CC1=O. The van der Waals surface area contributed by atoms with Gasteiger partial charge in [0, 0.05) is 25.1 Å². The van der Waals surface area contributed by atoms with Crippen LogP contribution in [0.1, 0.15) is 81.0 Å². The van der Waals surface area contributed by atoms with Crippen molar-refractivity contribution in [1.29, 1.82) is 0 Å². The highest BCUT2D eigenvalue weighted by molar-refractivity contribution is 6.02. The first kappa shape index (κ1) is 22.1. The average molecular weight is 388 g/mol. The first-order valence-electron chi connectivity index (χ1n) is 10.6. The summed E-state index contributed by atoms with van der Waals surface area (Å²) in [5.74, 6) is 0.116. The maximum atomic E-state index is 12.1. The predicted molar refractivity (Wildman–Crippen MR) is 111 cm³/mol. The molecule has 1 N–H and O–H groups in total. The number of para-hydroxylation sites is 1. The van der Waals surface area contributed by atoms with Crippen LogP contribution in [0, 0.1) is 5.92 Å². The molecule has 28 heavy (non-hydrogen) atoms. The number of benzene rings is 1. The van der Waals surface area contributed by atoms with Crippen molar-refractivity contribution in [2.45, 2.75) is 70.6 Å². The lowest BCUT2D eigenvalue weighted by molar-refractivity contribution is -0.132. The Morgan fingerprint density at radius 1 is 1.04 bits per heavy atom. The lowest BCUT2D eigenvalue weighted by Crippen LogP contribution is -2.24. The van der Waals surface area contributed by atoms with Crippen molar-refractivity contribution in [3.63, 3.8) is 0 Å². The molecule has 0 heterocycles. The number of esters is 1. The zero-order valence-corrected chi connectivity index (χ0v) is 17.0. The Morgan fingerprint density at radius 3 is 2.43 bits per heavy atom. The molecule has 1 saturated carbocycles. The van der Waals surface area contributed by atoms with Crippen LogP contribution in [-0.4, -0.2) is 31.2 Å². The predicted octanol–water partition coefficient (Wildman–Crippen LogP) is 4.94.